The highest BCUT2D eigenvalue weighted by atomic mass is 16.4. The van der Waals surface area contributed by atoms with Gasteiger partial charge in [0.05, 0.1) is 12.6 Å². The van der Waals surface area contributed by atoms with Crippen molar-refractivity contribution in [1.29, 1.82) is 0 Å². The summed E-state index contributed by atoms with van der Waals surface area (Å²) in [7, 11) is 0. The second kappa shape index (κ2) is 30.8. The van der Waals surface area contributed by atoms with E-state index in [0.29, 0.717) is 25.8 Å². The molecule has 0 aromatic rings. The number of carboxylic acid groups (broad SMARTS) is 1. The van der Waals surface area contributed by atoms with Gasteiger partial charge in [0.15, 0.2) is 23.8 Å². The molecule has 0 saturated carbocycles. The molecule has 0 fully saturated rings. The quantitative estimate of drug-likeness (QED) is 0.0170. The molecular weight excluding hydrogens is 790 g/mol. The average Bonchev–Trinajstić information content (AvgIpc) is 3.17. The Morgan fingerprint density at radius 2 is 0.733 bits per heavy atom. The topological polar surface area (TPSA) is 513 Å². The molecule has 342 valence electrons. The zero-order valence-corrected chi connectivity index (χ0v) is 33.9. The summed E-state index contributed by atoms with van der Waals surface area (Å²) in [5.41, 5.74) is 54.6. The number of carbonyl (C=O) groups excluding carboxylic acids is 5. The smallest absolute Gasteiger partial charge is 0.326 e. The Hall–Kier alpha value is -6.22. The number of aliphatic imine (C=N–C) groups is 4. The van der Waals surface area contributed by atoms with Gasteiger partial charge in [0, 0.05) is 26.2 Å². The summed E-state index contributed by atoms with van der Waals surface area (Å²) in [4.78, 5) is 94.6. The van der Waals surface area contributed by atoms with Gasteiger partial charge in [-0.3, -0.25) is 43.9 Å². The maximum Gasteiger partial charge on any atom is 0.326 e. The largest absolute Gasteiger partial charge is 0.480 e. The van der Waals surface area contributed by atoms with Crippen LogP contribution in [0.4, 0.5) is 0 Å². The molecule has 0 unspecified atom stereocenters. The monoisotopic (exact) mass is 858 g/mol. The molecular formula is C33H67N19O8. The van der Waals surface area contributed by atoms with Crippen LogP contribution in [0.3, 0.4) is 0 Å². The Balaban J connectivity index is 6.31. The van der Waals surface area contributed by atoms with Crippen LogP contribution in [0, 0.1) is 0 Å². The molecule has 0 bridgehead atoms. The number of hydrogen-bond acceptors (Lipinski definition) is 13. The number of aliphatic hydroxyl groups is 1. The summed E-state index contributed by atoms with van der Waals surface area (Å²) in [6.07, 6.45) is 1.98. The predicted octanol–water partition coefficient (Wildman–Crippen LogP) is -7.84. The first-order chi connectivity index (χ1) is 28.3. The molecule has 60 heavy (non-hydrogen) atoms. The van der Waals surface area contributed by atoms with Crippen molar-refractivity contribution in [3.8, 4) is 0 Å². The number of guanidine groups is 4. The van der Waals surface area contributed by atoms with E-state index in [4.69, 9.17) is 57.3 Å². The number of nitrogens with two attached hydrogens (primary N) is 10. The fraction of sp³-hybridized carbons (Fsp3) is 0.697. The van der Waals surface area contributed by atoms with Crippen molar-refractivity contribution in [3.05, 3.63) is 0 Å². The van der Waals surface area contributed by atoms with Crippen LogP contribution in [0.15, 0.2) is 20.0 Å². The highest BCUT2D eigenvalue weighted by Gasteiger charge is 2.32. The Kier molecular flexibility index (Phi) is 27.6. The zero-order valence-electron chi connectivity index (χ0n) is 33.9. The van der Waals surface area contributed by atoms with Crippen molar-refractivity contribution in [1.82, 2.24) is 26.6 Å². The van der Waals surface area contributed by atoms with E-state index in [1.54, 1.807) is 0 Å². The first-order valence-corrected chi connectivity index (χ1v) is 19.3. The van der Waals surface area contributed by atoms with Gasteiger partial charge in [0.1, 0.15) is 30.2 Å². The summed E-state index contributed by atoms with van der Waals surface area (Å²) >= 11 is 0. The van der Waals surface area contributed by atoms with E-state index in [1.807, 2.05) is 0 Å². The number of nitrogens with one attached hydrogen (secondary N) is 5. The Labute approximate surface area is 348 Å². The third kappa shape index (κ3) is 25.2. The minimum Gasteiger partial charge on any atom is -0.480 e. The first-order valence-electron chi connectivity index (χ1n) is 19.3. The maximum absolute atomic E-state index is 13.7. The van der Waals surface area contributed by atoms with Crippen LogP contribution in [0.5, 0.6) is 0 Å². The number of carbonyl (C=O) groups is 6. The number of carboxylic acids is 1. The Bertz CT molecular complexity index is 1480. The van der Waals surface area contributed by atoms with Crippen LogP contribution in [-0.2, 0) is 28.8 Å². The Morgan fingerprint density at radius 3 is 1.05 bits per heavy atom. The third-order valence-electron chi connectivity index (χ3n) is 8.42. The number of nitrogens with zero attached hydrogens (tertiary/aromatic N) is 4. The number of unbranched alkanes of at least 4 members (excludes halogenated alkanes) is 1. The first kappa shape index (κ1) is 53.8. The Morgan fingerprint density at radius 1 is 0.433 bits per heavy atom. The van der Waals surface area contributed by atoms with Gasteiger partial charge in [-0.15, -0.1) is 0 Å². The number of hydrogen-bond donors (Lipinski definition) is 17. The van der Waals surface area contributed by atoms with E-state index in [1.165, 1.54) is 0 Å². The van der Waals surface area contributed by atoms with Gasteiger partial charge in [-0.1, -0.05) is 6.42 Å². The van der Waals surface area contributed by atoms with Crippen LogP contribution < -0.4 is 83.9 Å². The summed E-state index contributed by atoms with van der Waals surface area (Å²) in [6, 6.07) is -8.02. The molecule has 0 aliphatic carbocycles. The van der Waals surface area contributed by atoms with Crippen molar-refractivity contribution < 1.29 is 39.0 Å². The van der Waals surface area contributed by atoms with E-state index in [9.17, 15) is 39.0 Å². The molecule has 0 aliphatic heterocycles. The van der Waals surface area contributed by atoms with Crippen LogP contribution in [0.2, 0.25) is 0 Å². The maximum atomic E-state index is 13.7. The minimum atomic E-state index is -1.68. The SMILES string of the molecule is NCCCC[C@H](N)C(=O)N[C@@H](CCCN=C(N)N)C(=O)N[C@@H](CCCN=C(N)N)C(=O)N[C@@H](CO)C(=O)N[C@@H](CCCN=C(N)N)C(=O)N[C@@H](CCCN=C(N)N)C(=O)O. The van der Waals surface area contributed by atoms with Gasteiger partial charge in [0.2, 0.25) is 29.5 Å². The van der Waals surface area contributed by atoms with Gasteiger partial charge >= 0.3 is 5.97 Å². The van der Waals surface area contributed by atoms with Crippen molar-refractivity contribution >= 4 is 59.3 Å². The number of aliphatic carboxylic acids is 1. The lowest BCUT2D eigenvalue weighted by Crippen LogP contribution is -2.60. The second-order valence-corrected chi connectivity index (χ2v) is 13.5. The molecule has 27 N–H and O–H groups in total. The van der Waals surface area contributed by atoms with Crippen LogP contribution >= 0.6 is 0 Å². The van der Waals surface area contributed by atoms with Gasteiger partial charge in [-0.25, -0.2) is 4.79 Å². The van der Waals surface area contributed by atoms with E-state index in [0.717, 1.165) is 0 Å². The van der Waals surface area contributed by atoms with Crippen molar-refractivity contribution in [3.63, 3.8) is 0 Å². The molecule has 27 nitrogen and oxygen atoms in total. The van der Waals surface area contributed by atoms with Crippen molar-refractivity contribution in [2.45, 2.75) is 107 Å². The summed E-state index contributed by atoms with van der Waals surface area (Å²) in [5.74, 6) is -6.49. The van der Waals surface area contributed by atoms with Gasteiger partial charge in [-0.2, -0.15) is 0 Å². The molecule has 0 aromatic heterocycles. The van der Waals surface area contributed by atoms with Gasteiger partial charge < -0.3 is 94.1 Å². The van der Waals surface area contributed by atoms with E-state index in [-0.39, 0.29) is 101 Å². The lowest BCUT2D eigenvalue weighted by molar-refractivity contribution is -0.142. The molecule has 0 heterocycles. The molecule has 6 atom stereocenters. The zero-order chi connectivity index (χ0) is 45.6. The lowest BCUT2D eigenvalue weighted by Gasteiger charge is -2.26. The number of aliphatic hydroxyl groups excluding tert-OH is 1. The highest BCUT2D eigenvalue weighted by Crippen LogP contribution is 2.08. The van der Waals surface area contributed by atoms with Crippen molar-refractivity contribution in [2.24, 2.45) is 77.3 Å². The molecule has 5 amide bonds. The molecule has 0 saturated heterocycles. The average molecular weight is 858 g/mol. The fourth-order valence-corrected chi connectivity index (χ4v) is 5.28. The standard InChI is InChI=1S/C33H67N19O8/c34-12-2-1-7-18(35)24(54)48-19(8-3-13-44-30(36)37)25(55)49-21(10-5-15-46-32(40)41)27(57)52-23(17-53)28(58)50-20(9-4-14-45-31(38)39)26(56)51-22(29(59)60)11-6-16-47-33(42)43/h18-23,53H,1-17,34-35H2,(H,48,54)(H,49,55)(H,50,58)(H,51,56)(H,52,57)(H,59,60)(H4,36,37,44)(H4,38,39,45)(H4,40,41,46)(H4,42,43,47)/t18-,19-,20-,21-,22-,23-/m0/s1. The van der Waals surface area contributed by atoms with Gasteiger partial charge in [-0.05, 0) is 70.8 Å². The predicted molar refractivity (Wildman–Crippen MR) is 225 cm³/mol. The number of rotatable bonds is 32. The van der Waals surface area contributed by atoms with Crippen LogP contribution in [0.25, 0.3) is 0 Å². The molecule has 0 aliphatic rings. The summed E-state index contributed by atoms with van der Waals surface area (Å²) in [5, 5.41) is 32.3. The third-order valence-corrected chi connectivity index (χ3v) is 8.42. The second-order valence-electron chi connectivity index (χ2n) is 13.5. The molecule has 0 rings (SSSR count). The van der Waals surface area contributed by atoms with E-state index < -0.39 is 78.4 Å². The van der Waals surface area contributed by atoms with Crippen LogP contribution in [0.1, 0.15) is 70.6 Å². The summed E-state index contributed by atoms with van der Waals surface area (Å²) < 4.78 is 0. The fourth-order valence-electron chi connectivity index (χ4n) is 5.28. The normalized spacial score (nSPS) is 13.7. The minimum absolute atomic E-state index is 0.0273. The molecule has 0 aromatic carbocycles. The number of amides is 5. The molecule has 0 spiro atoms. The summed E-state index contributed by atoms with van der Waals surface area (Å²) in [6.45, 7) is -0.271. The van der Waals surface area contributed by atoms with Crippen LogP contribution in [-0.4, -0.2) is 145 Å². The van der Waals surface area contributed by atoms with Crippen molar-refractivity contribution in [2.75, 3.05) is 39.3 Å². The molecule has 0 radical (unpaired) electrons. The van der Waals surface area contributed by atoms with E-state index in [2.05, 4.69) is 46.6 Å². The lowest BCUT2D eigenvalue weighted by atomic mass is 10.0. The van der Waals surface area contributed by atoms with E-state index >= 15 is 0 Å². The van der Waals surface area contributed by atoms with Gasteiger partial charge in [0.25, 0.3) is 0 Å². The highest BCUT2D eigenvalue weighted by molar-refractivity contribution is 5.96. The molecule has 27 heteroatoms.